The molecule has 8 nitrogen and oxygen atoms in total. The number of nitrogens with one attached hydrogen (secondary N) is 1. The van der Waals surface area contributed by atoms with Crippen LogP contribution >= 0.6 is 0 Å². The summed E-state index contributed by atoms with van der Waals surface area (Å²) in [5, 5.41) is 0. The van der Waals surface area contributed by atoms with Gasteiger partial charge in [-0.3, -0.25) is 4.72 Å². The lowest BCUT2D eigenvalue weighted by atomic mass is 10.0. The van der Waals surface area contributed by atoms with E-state index in [9.17, 15) is 8.42 Å². The Balaban J connectivity index is 1.62. The molecule has 128 valence electrons. The summed E-state index contributed by atoms with van der Waals surface area (Å²) < 4.78 is 38.5. The van der Waals surface area contributed by atoms with E-state index < -0.39 is 16.0 Å². The van der Waals surface area contributed by atoms with E-state index in [1.165, 1.54) is 14.1 Å². The SMILES string of the molecule is CN(C)S(=O)(=O)Nc1ccc(N2CCC3(CC2)OCCO3)cn1. The zero-order chi connectivity index (χ0) is 16.5. The smallest absolute Gasteiger partial charge is 0.302 e. The number of pyridine rings is 1. The minimum atomic E-state index is -3.53. The molecule has 23 heavy (non-hydrogen) atoms. The Hall–Kier alpha value is -1.42. The van der Waals surface area contributed by atoms with E-state index >= 15 is 0 Å². The Morgan fingerprint density at radius 1 is 1.22 bits per heavy atom. The van der Waals surface area contributed by atoms with Crippen molar-refractivity contribution in [1.29, 1.82) is 0 Å². The quantitative estimate of drug-likeness (QED) is 0.865. The molecule has 1 spiro atoms. The molecule has 2 aliphatic rings. The van der Waals surface area contributed by atoms with Crippen LogP contribution in [0.5, 0.6) is 0 Å². The first kappa shape index (κ1) is 16.4. The van der Waals surface area contributed by atoms with Gasteiger partial charge in [-0.2, -0.15) is 12.7 Å². The fraction of sp³-hybridized carbons (Fsp3) is 0.643. The van der Waals surface area contributed by atoms with Crippen LogP contribution in [0.15, 0.2) is 18.3 Å². The van der Waals surface area contributed by atoms with Gasteiger partial charge < -0.3 is 14.4 Å². The predicted molar refractivity (Wildman–Crippen MR) is 86.5 cm³/mol. The lowest BCUT2D eigenvalue weighted by Crippen LogP contribution is -2.45. The molecular formula is C14H22N4O4S. The number of aromatic nitrogens is 1. The van der Waals surface area contributed by atoms with Gasteiger partial charge in [0.05, 0.1) is 25.1 Å². The molecule has 3 heterocycles. The molecule has 0 aromatic carbocycles. The van der Waals surface area contributed by atoms with Crippen molar-refractivity contribution in [2.75, 3.05) is 50.0 Å². The van der Waals surface area contributed by atoms with Gasteiger partial charge in [-0.1, -0.05) is 0 Å². The summed E-state index contributed by atoms with van der Waals surface area (Å²) in [4.78, 5) is 6.39. The average Bonchev–Trinajstić information content (AvgIpc) is 2.97. The van der Waals surface area contributed by atoms with Gasteiger partial charge in [0, 0.05) is 40.0 Å². The molecule has 1 aromatic rings. The summed E-state index contributed by atoms with van der Waals surface area (Å²) in [6.45, 7) is 2.99. The van der Waals surface area contributed by atoms with Crippen molar-refractivity contribution in [2.45, 2.75) is 18.6 Å². The van der Waals surface area contributed by atoms with Gasteiger partial charge in [-0.25, -0.2) is 4.98 Å². The normalized spacial score (nSPS) is 21.1. The van der Waals surface area contributed by atoms with Crippen molar-refractivity contribution in [1.82, 2.24) is 9.29 Å². The summed E-state index contributed by atoms with van der Waals surface area (Å²) in [6.07, 6.45) is 3.33. The van der Waals surface area contributed by atoms with Crippen molar-refractivity contribution in [3.63, 3.8) is 0 Å². The maximum Gasteiger partial charge on any atom is 0.302 e. The number of piperidine rings is 1. The first-order valence-electron chi connectivity index (χ1n) is 7.59. The second-order valence-electron chi connectivity index (χ2n) is 5.89. The Bertz CT molecular complexity index is 631. The Morgan fingerprint density at radius 2 is 1.87 bits per heavy atom. The van der Waals surface area contributed by atoms with E-state index in [1.54, 1.807) is 12.3 Å². The molecule has 3 rings (SSSR count). The van der Waals surface area contributed by atoms with E-state index in [2.05, 4.69) is 14.6 Å². The third-order valence-corrected chi connectivity index (χ3v) is 5.59. The average molecular weight is 342 g/mol. The number of ether oxygens (including phenoxy) is 2. The minimum absolute atomic E-state index is 0.304. The molecule has 0 amide bonds. The van der Waals surface area contributed by atoms with Crippen LogP contribution in [0, 0.1) is 0 Å². The van der Waals surface area contributed by atoms with E-state index in [-0.39, 0.29) is 0 Å². The van der Waals surface area contributed by atoms with Gasteiger partial charge in [0.1, 0.15) is 5.82 Å². The molecule has 1 N–H and O–H groups in total. The third-order valence-electron chi connectivity index (χ3n) is 4.17. The highest BCUT2D eigenvalue weighted by atomic mass is 32.2. The zero-order valence-corrected chi connectivity index (χ0v) is 14.2. The molecule has 0 bridgehead atoms. The predicted octanol–water partition coefficient (Wildman–Crippen LogP) is 0.643. The maximum atomic E-state index is 11.8. The molecule has 2 fully saturated rings. The van der Waals surface area contributed by atoms with Crippen LogP contribution < -0.4 is 9.62 Å². The largest absolute Gasteiger partial charge is 0.370 e. The highest BCUT2D eigenvalue weighted by Crippen LogP contribution is 2.33. The first-order valence-corrected chi connectivity index (χ1v) is 9.03. The van der Waals surface area contributed by atoms with E-state index in [1.807, 2.05) is 6.07 Å². The molecule has 0 aliphatic carbocycles. The van der Waals surface area contributed by atoms with Crippen LogP contribution in [0.3, 0.4) is 0 Å². The van der Waals surface area contributed by atoms with Crippen molar-refractivity contribution in [2.24, 2.45) is 0 Å². The number of nitrogens with zero attached hydrogens (tertiary/aromatic N) is 3. The van der Waals surface area contributed by atoms with Crippen LogP contribution in [-0.2, 0) is 19.7 Å². The van der Waals surface area contributed by atoms with Crippen molar-refractivity contribution < 1.29 is 17.9 Å². The zero-order valence-electron chi connectivity index (χ0n) is 13.4. The topological polar surface area (TPSA) is 84.0 Å². The molecule has 2 saturated heterocycles. The van der Waals surface area contributed by atoms with Gasteiger partial charge in [0.15, 0.2) is 5.79 Å². The highest BCUT2D eigenvalue weighted by Gasteiger charge is 2.39. The molecule has 0 atom stereocenters. The molecule has 9 heteroatoms. The number of rotatable bonds is 4. The minimum Gasteiger partial charge on any atom is -0.370 e. The second-order valence-corrected chi connectivity index (χ2v) is 7.77. The first-order chi connectivity index (χ1) is 10.9. The number of hydrogen-bond donors (Lipinski definition) is 1. The number of hydrogen-bond acceptors (Lipinski definition) is 6. The van der Waals surface area contributed by atoms with Gasteiger partial charge in [-0.05, 0) is 12.1 Å². The summed E-state index contributed by atoms with van der Waals surface area (Å²) in [6, 6.07) is 3.54. The van der Waals surface area contributed by atoms with Gasteiger partial charge in [0.2, 0.25) is 0 Å². The van der Waals surface area contributed by atoms with E-state index in [0.717, 1.165) is 35.9 Å². The van der Waals surface area contributed by atoms with Gasteiger partial charge >= 0.3 is 10.2 Å². The summed E-state index contributed by atoms with van der Waals surface area (Å²) >= 11 is 0. The lowest BCUT2D eigenvalue weighted by Gasteiger charge is -2.38. The van der Waals surface area contributed by atoms with E-state index in [4.69, 9.17) is 9.47 Å². The molecule has 0 radical (unpaired) electrons. The molecule has 2 aliphatic heterocycles. The Morgan fingerprint density at radius 3 is 2.39 bits per heavy atom. The number of anilines is 2. The van der Waals surface area contributed by atoms with Gasteiger partial charge in [-0.15, -0.1) is 0 Å². The van der Waals surface area contributed by atoms with Crippen LogP contribution in [0.25, 0.3) is 0 Å². The maximum absolute atomic E-state index is 11.8. The standard InChI is InChI=1S/C14H22N4O4S/c1-17(2)23(19,20)16-13-4-3-12(11-15-13)18-7-5-14(6-8-18)21-9-10-22-14/h3-4,11H,5-10H2,1-2H3,(H,15,16). The third kappa shape index (κ3) is 3.57. The van der Waals surface area contributed by atoms with Crippen molar-refractivity contribution >= 4 is 21.7 Å². The van der Waals surface area contributed by atoms with Crippen LogP contribution in [0.1, 0.15) is 12.8 Å². The van der Waals surface area contributed by atoms with Crippen LogP contribution in [-0.4, -0.2) is 63.9 Å². The lowest BCUT2D eigenvalue weighted by molar-refractivity contribution is -0.169. The second kappa shape index (κ2) is 6.23. The van der Waals surface area contributed by atoms with Gasteiger partial charge in [0.25, 0.3) is 0 Å². The molecule has 0 saturated carbocycles. The summed E-state index contributed by atoms with van der Waals surface area (Å²) in [5.41, 5.74) is 0.964. The fourth-order valence-corrected chi connectivity index (χ4v) is 3.32. The van der Waals surface area contributed by atoms with Crippen molar-refractivity contribution in [3.8, 4) is 0 Å². The Labute approximate surface area is 136 Å². The summed E-state index contributed by atoms with van der Waals surface area (Å²) in [7, 11) is -0.599. The molecular weight excluding hydrogens is 320 g/mol. The van der Waals surface area contributed by atoms with Crippen LogP contribution in [0.2, 0.25) is 0 Å². The van der Waals surface area contributed by atoms with Crippen molar-refractivity contribution in [3.05, 3.63) is 18.3 Å². The fourth-order valence-electron chi connectivity index (χ4n) is 2.75. The monoisotopic (exact) mass is 342 g/mol. The highest BCUT2D eigenvalue weighted by molar-refractivity contribution is 7.90. The summed E-state index contributed by atoms with van der Waals surface area (Å²) in [5.74, 6) is -0.0935. The molecule has 1 aromatic heterocycles. The molecule has 0 unspecified atom stereocenters. The Kier molecular flexibility index (Phi) is 4.45. The van der Waals surface area contributed by atoms with E-state index in [0.29, 0.717) is 19.0 Å². The van der Waals surface area contributed by atoms with Crippen LogP contribution in [0.4, 0.5) is 11.5 Å².